The van der Waals surface area contributed by atoms with Gasteiger partial charge in [0.1, 0.15) is 5.65 Å². The van der Waals surface area contributed by atoms with Crippen molar-refractivity contribution in [3.8, 4) is 0 Å². The van der Waals surface area contributed by atoms with Crippen molar-refractivity contribution in [1.82, 2.24) is 29.6 Å². The number of pyridine rings is 1. The fourth-order valence-electron chi connectivity index (χ4n) is 4.82. The van der Waals surface area contributed by atoms with Gasteiger partial charge in [-0.15, -0.1) is 0 Å². The molecule has 34 heavy (non-hydrogen) atoms. The SMILES string of the molecule is CN1CCC(N(C)c2ncc(F)c(N3CC(C(=O)NC(C)(C)c4cnc5ccccn45)C3)n2)C1. The second-order valence-corrected chi connectivity index (χ2v) is 9.95. The highest BCUT2D eigenvalue weighted by Crippen LogP contribution is 2.29. The van der Waals surface area contributed by atoms with E-state index in [4.69, 9.17) is 0 Å². The van der Waals surface area contributed by atoms with Crippen molar-refractivity contribution >= 4 is 23.3 Å². The molecule has 10 heteroatoms. The second-order valence-electron chi connectivity index (χ2n) is 9.95. The number of likely N-dealkylation sites (tertiary alicyclic amines) is 1. The number of carbonyl (C=O) groups is 1. The number of aromatic nitrogens is 4. The van der Waals surface area contributed by atoms with Gasteiger partial charge >= 0.3 is 0 Å². The molecule has 0 aliphatic carbocycles. The van der Waals surface area contributed by atoms with E-state index in [1.165, 1.54) is 6.20 Å². The van der Waals surface area contributed by atoms with Gasteiger partial charge < -0.3 is 24.4 Å². The molecular weight excluding hydrogens is 435 g/mol. The lowest BCUT2D eigenvalue weighted by atomic mass is 9.95. The van der Waals surface area contributed by atoms with E-state index in [0.29, 0.717) is 25.1 Å². The molecule has 0 bridgehead atoms. The average molecular weight is 467 g/mol. The Hall–Kier alpha value is -3.27. The van der Waals surface area contributed by atoms with Crippen LogP contribution < -0.4 is 15.1 Å². The highest BCUT2D eigenvalue weighted by atomic mass is 19.1. The monoisotopic (exact) mass is 466 g/mol. The Kier molecular flexibility index (Phi) is 5.63. The molecule has 2 aliphatic heterocycles. The quantitative estimate of drug-likeness (QED) is 0.594. The van der Waals surface area contributed by atoms with Gasteiger partial charge in [-0.3, -0.25) is 4.79 Å². The summed E-state index contributed by atoms with van der Waals surface area (Å²) in [7, 11) is 4.04. The number of hydrogen-bond acceptors (Lipinski definition) is 7. The number of imidazole rings is 1. The number of fused-ring (bicyclic) bond motifs is 1. The van der Waals surface area contributed by atoms with Crippen LogP contribution in [0.5, 0.6) is 0 Å². The fraction of sp³-hybridized carbons (Fsp3) is 0.500. The lowest BCUT2D eigenvalue weighted by Gasteiger charge is -2.41. The van der Waals surface area contributed by atoms with Gasteiger partial charge in [0, 0.05) is 38.9 Å². The Morgan fingerprint density at radius 2 is 2.00 bits per heavy atom. The molecule has 0 spiro atoms. The van der Waals surface area contributed by atoms with Gasteiger partial charge in [-0.05, 0) is 46.0 Å². The molecule has 1 unspecified atom stereocenters. The van der Waals surface area contributed by atoms with Crippen LogP contribution >= 0.6 is 0 Å². The largest absolute Gasteiger partial charge is 0.352 e. The average Bonchev–Trinajstić information content (AvgIpc) is 3.40. The summed E-state index contributed by atoms with van der Waals surface area (Å²) in [6.07, 6.45) is 5.98. The third-order valence-corrected chi connectivity index (χ3v) is 6.99. The molecule has 2 saturated heterocycles. The number of anilines is 2. The summed E-state index contributed by atoms with van der Waals surface area (Å²) >= 11 is 0. The van der Waals surface area contributed by atoms with E-state index in [-0.39, 0.29) is 17.6 Å². The normalized spacial score (nSPS) is 19.4. The maximum atomic E-state index is 14.6. The standard InChI is InChI=1S/C24H31FN8O/c1-24(2,19-12-26-20-7-5-6-9-33(19)20)29-22(34)16-13-32(14-16)21-18(25)11-27-23(28-21)31(4)17-8-10-30(3)15-17/h5-7,9,11-12,16-17H,8,10,13-15H2,1-4H3,(H,29,34). The molecule has 0 aromatic carbocycles. The topological polar surface area (TPSA) is 81.9 Å². The van der Waals surface area contributed by atoms with E-state index in [1.807, 2.05) is 54.6 Å². The van der Waals surface area contributed by atoms with Crippen LogP contribution in [0.2, 0.25) is 0 Å². The van der Waals surface area contributed by atoms with Crippen LogP contribution in [0.25, 0.3) is 5.65 Å². The van der Waals surface area contributed by atoms with Gasteiger partial charge in [0.15, 0.2) is 11.6 Å². The highest BCUT2D eigenvalue weighted by Gasteiger charge is 2.38. The van der Waals surface area contributed by atoms with E-state index in [9.17, 15) is 9.18 Å². The Labute approximate surface area is 198 Å². The Morgan fingerprint density at radius 1 is 1.21 bits per heavy atom. The Bertz CT molecular complexity index is 1200. The fourth-order valence-corrected chi connectivity index (χ4v) is 4.82. The number of rotatable bonds is 6. The number of likely N-dealkylation sites (N-methyl/N-ethyl adjacent to an activating group) is 2. The predicted octanol–water partition coefficient (Wildman–Crippen LogP) is 1.89. The van der Waals surface area contributed by atoms with Gasteiger partial charge in [0.2, 0.25) is 11.9 Å². The second kappa shape index (κ2) is 8.50. The van der Waals surface area contributed by atoms with Crippen molar-refractivity contribution in [2.24, 2.45) is 5.92 Å². The Morgan fingerprint density at radius 3 is 2.74 bits per heavy atom. The van der Waals surface area contributed by atoms with Crippen molar-refractivity contribution in [2.75, 3.05) is 50.1 Å². The first-order chi connectivity index (χ1) is 16.2. The molecule has 0 radical (unpaired) electrons. The molecule has 9 nitrogen and oxygen atoms in total. The van der Waals surface area contributed by atoms with Gasteiger partial charge in [-0.1, -0.05) is 6.07 Å². The number of amides is 1. The van der Waals surface area contributed by atoms with Gasteiger partial charge in [0.25, 0.3) is 0 Å². The predicted molar refractivity (Wildman–Crippen MR) is 128 cm³/mol. The molecule has 2 aliphatic rings. The number of hydrogen-bond donors (Lipinski definition) is 1. The van der Waals surface area contributed by atoms with Crippen LogP contribution in [0.3, 0.4) is 0 Å². The van der Waals surface area contributed by atoms with Gasteiger partial charge in [-0.2, -0.15) is 4.98 Å². The molecule has 5 heterocycles. The molecule has 1 atom stereocenters. The van der Waals surface area contributed by atoms with Crippen molar-refractivity contribution in [3.63, 3.8) is 0 Å². The van der Waals surface area contributed by atoms with E-state index < -0.39 is 11.4 Å². The third kappa shape index (κ3) is 4.06. The van der Waals surface area contributed by atoms with E-state index in [1.54, 1.807) is 11.1 Å². The molecule has 2 fully saturated rings. The zero-order valence-corrected chi connectivity index (χ0v) is 20.1. The summed E-state index contributed by atoms with van der Waals surface area (Å²) in [5, 5.41) is 3.14. The summed E-state index contributed by atoms with van der Waals surface area (Å²) in [5.41, 5.74) is 1.13. The summed E-state index contributed by atoms with van der Waals surface area (Å²) < 4.78 is 16.5. The van der Waals surface area contributed by atoms with E-state index >= 15 is 0 Å². The molecule has 0 saturated carbocycles. The van der Waals surface area contributed by atoms with Crippen LogP contribution in [-0.4, -0.2) is 76.5 Å². The van der Waals surface area contributed by atoms with E-state index in [0.717, 1.165) is 30.9 Å². The van der Waals surface area contributed by atoms with E-state index in [2.05, 4.69) is 32.2 Å². The minimum absolute atomic E-state index is 0.0621. The molecule has 3 aromatic rings. The lowest BCUT2D eigenvalue weighted by molar-refractivity contribution is -0.127. The van der Waals surface area contributed by atoms with Crippen LogP contribution in [-0.2, 0) is 10.3 Å². The number of halogens is 1. The molecule has 3 aromatic heterocycles. The van der Waals surface area contributed by atoms with Crippen LogP contribution in [0, 0.1) is 11.7 Å². The zero-order chi connectivity index (χ0) is 24.0. The minimum Gasteiger partial charge on any atom is -0.352 e. The maximum Gasteiger partial charge on any atom is 0.227 e. The first kappa shape index (κ1) is 22.5. The van der Waals surface area contributed by atoms with Crippen molar-refractivity contribution < 1.29 is 9.18 Å². The highest BCUT2D eigenvalue weighted by molar-refractivity contribution is 5.82. The maximum absolute atomic E-state index is 14.6. The molecule has 1 N–H and O–H groups in total. The van der Waals surface area contributed by atoms with Gasteiger partial charge in [-0.25, -0.2) is 14.4 Å². The summed E-state index contributed by atoms with van der Waals surface area (Å²) in [6.45, 7) is 6.71. The number of carbonyl (C=O) groups excluding carboxylic acids is 1. The van der Waals surface area contributed by atoms with Gasteiger partial charge in [0.05, 0.1) is 29.5 Å². The molecular formula is C24H31FN8O. The van der Waals surface area contributed by atoms with Crippen molar-refractivity contribution in [1.29, 1.82) is 0 Å². The minimum atomic E-state index is -0.608. The summed E-state index contributed by atoms with van der Waals surface area (Å²) in [6, 6.07) is 6.10. The molecule has 180 valence electrons. The Balaban J connectivity index is 1.24. The summed E-state index contributed by atoms with van der Waals surface area (Å²) in [4.78, 5) is 32.3. The van der Waals surface area contributed by atoms with Crippen molar-refractivity contribution in [2.45, 2.75) is 31.8 Å². The van der Waals surface area contributed by atoms with Crippen LogP contribution in [0.15, 0.2) is 36.8 Å². The molecule has 1 amide bonds. The first-order valence-electron chi connectivity index (χ1n) is 11.7. The number of nitrogens with one attached hydrogen (secondary N) is 1. The molecule has 5 rings (SSSR count). The summed E-state index contributed by atoms with van der Waals surface area (Å²) in [5.74, 6) is 0.00247. The lowest BCUT2D eigenvalue weighted by Crippen LogP contribution is -2.57. The smallest absolute Gasteiger partial charge is 0.227 e. The van der Waals surface area contributed by atoms with Crippen LogP contribution in [0.1, 0.15) is 26.0 Å². The third-order valence-electron chi connectivity index (χ3n) is 6.99. The first-order valence-corrected chi connectivity index (χ1v) is 11.7. The van der Waals surface area contributed by atoms with Crippen molar-refractivity contribution in [3.05, 3.63) is 48.3 Å². The zero-order valence-electron chi connectivity index (χ0n) is 20.1. The van der Waals surface area contributed by atoms with Crippen LogP contribution in [0.4, 0.5) is 16.2 Å². The number of nitrogens with zero attached hydrogens (tertiary/aromatic N) is 7.